The van der Waals surface area contributed by atoms with E-state index in [0.29, 0.717) is 22.4 Å². The molecule has 0 amide bonds. The number of nitrogens with zero attached hydrogens (tertiary/aromatic N) is 1. The minimum atomic E-state index is -0.262. The Morgan fingerprint density at radius 3 is 2.72 bits per heavy atom. The Kier molecular flexibility index (Phi) is 2.09. The maximum atomic E-state index is 11.8. The van der Waals surface area contributed by atoms with Gasteiger partial charge in [0.05, 0.1) is 5.39 Å². The molecule has 90 valence electrons. The third-order valence-corrected chi connectivity index (χ3v) is 2.67. The lowest BCUT2D eigenvalue weighted by Gasteiger charge is -2.03. The molecule has 0 bridgehead atoms. The number of H-pyrrole nitrogens is 2. The van der Waals surface area contributed by atoms with Gasteiger partial charge in [0.25, 0.3) is 5.56 Å². The molecule has 3 aromatic rings. The Morgan fingerprint density at radius 2 is 1.94 bits per heavy atom. The molecule has 0 saturated carbocycles. The van der Waals surface area contributed by atoms with Crippen LogP contribution in [-0.4, -0.2) is 25.2 Å². The lowest BCUT2D eigenvalue weighted by atomic mass is 10.2. The molecule has 1 aromatic carbocycles. The van der Waals surface area contributed by atoms with Crippen molar-refractivity contribution in [3.63, 3.8) is 0 Å². The first-order chi connectivity index (χ1) is 8.65. The molecule has 0 aliphatic heterocycles. The highest BCUT2D eigenvalue weighted by molar-refractivity contribution is 5.76. The Hall–Kier alpha value is -2.76. The zero-order valence-electron chi connectivity index (χ0n) is 9.14. The van der Waals surface area contributed by atoms with Gasteiger partial charge in [-0.05, 0) is 24.3 Å². The van der Waals surface area contributed by atoms with Gasteiger partial charge in [0.2, 0.25) is 0 Å². The smallest absolute Gasteiger partial charge is 0.260 e. The van der Waals surface area contributed by atoms with Crippen molar-refractivity contribution in [2.45, 2.75) is 0 Å². The minimum absolute atomic E-state index is 0.220. The fourth-order valence-corrected chi connectivity index (χ4v) is 1.76. The second-order valence-electron chi connectivity index (χ2n) is 3.86. The lowest BCUT2D eigenvalue weighted by Crippen LogP contribution is -2.08. The largest absolute Gasteiger partial charge is 0.504 e. The highest BCUT2D eigenvalue weighted by atomic mass is 16.3. The normalized spacial score (nSPS) is 10.9. The van der Waals surface area contributed by atoms with Crippen molar-refractivity contribution in [1.82, 2.24) is 15.0 Å². The van der Waals surface area contributed by atoms with Gasteiger partial charge in [-0.25, -0.2) is 4.98 Å². The number of benzene rings is 1. The van der Waals surface area contributed by atoms with Gasteiger partial charge in [-0.3, -0.25) is 4.79 Å². The highest BCUT2D eigenvalue weighted by Gasteiger charge is 2.08. The predicted octanol–water partition coefficient (Wildman–Crippen LogP) is 1.33. The van der Waals surface area contributed by atoms with Crippen LogP contribution in [0.2, 0.25) is 0 Å². The maximum Gasteiger partial charge on any atom is 0.260 e. The van der Waals surface area contributed by atoms with E-state index in [1.165, 1.54) is 12.1 Å². The maximum absolute atomic E-state index is 11.8. The second-order valence-corrected chi connectivity index (χ2v) is 3.86. The highest BCUT2D eigenvalue weighted by Crippen LogP contribution is 2.28. The zero-order valence-corrected chi connectivity index (χ0v) is 9.14. The van der Waals surface area contributed by atoms with E-state index in [1.54, 1.807) is 18.3 Å². The summed E-state index contributed by atoms with van der Waals surface area (Å²) in [6.45, 7) is 0. The number of hydrogen-bond acceptors (Lipinski definition) is 4. The molecule has 6 nitrogen and oxygen atoms in total. The van der Waals surface area contributed by atoms with Crippen LogP contribution in [0.1, 0.15) is 0 Å². The van der Waals surface area contributed by atoms with Crippen LogP contribution >= 0.6 is 0 Å². The van der Waals surface area contributed by atoms with Gasteiger partial charge in [0.1, 0.15) is 11.5 Å². The second kappa shape index (κ2) is 3.63. The Bertz CT molecular complexity index is 789. The average molecular weight is 243 g/mol. The molecule has 6 heteroatoms. The Labute approximate surface area is 101 Å². The molecule has 4 N–H and O–H groups in total. The van der Waals surface area contributed by atoms with Gasteiger partial charge in [0, 0.05) is 11.8 Å². The van der Waals surface area contributed by atoms with Crippen LogP contribution in [0.25, 0.3) is 22.4 Å². The summed E-state index contributed by atoms with van der Waals surface area (Å²) in [6.07, 6.45) is 1.63. The number of phenols is 2. The van der Waals surface area contributed by atoms with Crippen LogP contribution in [0.3, 0.4) is 0 Å². The number of aromatic nitrogens is 3. The molecule has 0 aliphatic carbocycles. The number of nitrogens with one attached hydrogen (secondary N) is 2. The number of aromatic amines is 2. The van der Waals surface area contributed by atoms with Crippen molar-refractivity contribution in [3.05, 3.63) is 40.8 Å². The van der Waals surface area contributed by atoms with Gasteiger partial charge >= 0.3 is 0 Å². The standard InChI is InChI=1S/C12H9N3O3/c16-8-2-1-6(5-9(8)17)10-14-11-7(3-4-13-11)12(18)15-10/h1-5,16-17H,(H2,13,14,15,18). The van der Waals surface area contributed by atoms with Crippen LogP contribution in [0.15, 0.2) is 35.3 Å². The fourth-order valence-electron chi connectivity index (χ4n) is 1.76. The van der Waals surface area contributed by atoms with Crippen LogP contribution in [0, 0.1) is 0 Å². The first-order valence-corrected chi connectivity index (χ1v) is 5.25. The molecule has 0 fully saturated rings. The number of hydrogen-bond donors (Lipinski definition) is 4. The number of fused-ring (bicyclic) bond motifs is 1. The first kappa shape index (κ1) is 10.4. The third kappa shape index (κ3) is 1.51. The summed E-state index contributed by atoms with van der Waals surface area (Å²) in [4.78, 5) is 21.5. The molecule has 2 aromatic heterocycles. The molecule has 2 heterocycles. The molecular formula is C12H9N3O3. The van der Waals surface area contributed by atoms with Crippen molar-refractivity contribution < 1.29 is 10.2 Å². The quantitative estimate of drug-likeness (QED) is 0.484. The van der Waals surface area contributed by atoms with E-state index in [4.69, 9.17) is 0 Å². The van der Waals surface area contributed by atoms with Gasteiger partial charge in [-0.15, -0.1) is 0 Å². The van der Waals surface area contributed by atoms with Gasteiger partial charge < -0.3 is 20.2 Å². The number of aromatic hydroxyl groups is 2. The molecule has 3 rings (SSSR count). The summed E-state index contributed by atoms with van der Waals surface area (Å²) in [5, 5.41) is 19.1. The van der Waals surface area contributed by atoms with Gasteiger partial charge in [-0.2, -0.15) is 0 Å². The number of phenolic OH excluding ortho intramolecular Hbond substituents is 2. The molecule has 18 heavy (non-hydrogen) atoms. The van der Waals surface area contributed by atoms with Crippen LogP contribution in [-0.2, 0) is 0 Å². The van der Waals surface area contributed by atoms with Crippen LogP contribution in [0.5, 0.6) is 11.5 Å². The van der Waals surface area contributed by atoms with E-state index in [9.17, 15) is 15.0 Å². The van der Waals surface area contributed by atoms with Crippen molar-refractivity contribution in [1.29, 1.82) is 0 Å². The molecular weight excluding hydrogens is 234 g/mol. The Morgan fingerprint density at radius 1 is 1.11 bits per heavy atom. The van der Waals surface area contributed by atoms with E-state index < -0.39 is 0 Å². The fraction of sp³-hybridized carbons (Fsp3) is 0. The SMILES string of the molecule is O=c1[nH]c(-c2ccc(O)c(O)c2)nc2[nH]ccc12. The van der Waals surface area contributed by atoms with Gasteiger partial charge in [-0.1, -0.05) is 0 Å². The molecule has 0 saturated heterocycles. The van der Waals surface area contributed by atoms with Crippen molar-refractivity contribution in [3.8, 4) is 22.9 Å². The minimum Gasteiger partial charge on any atom is -0.504 e. The molecule has 0 unspecified atom stereocenters. The van der Waals surface area contributed by atoms with E-state index in [-0.39, 0.29) is 17.1 Å². The van der Waals surface area contributed by atoms with E-state index in [1.807, 2.05) is 0 Å². The van der Waals surface area contributed by atoms with Crippen LogP contribution in [0.4, 0.5) is 0 Å². The third-order valence-electron chi connectivity index (χ3n) is 2.67. The average Bonchev–Trinajstić information content (AvgIpc) is 2.81. The first-order valence-electron chi connectivity index (χ1n) is 5.25. The van der Waals surface area contributed by atoms with E-state index in [2.05, 4.69) is 15.0 Å². The van der Waals surface area contributed by atoms with Crippen molar-refractivity contribution in [2.24, 2.45) is 0 Å². The summed E-state index contributed by atoms with van der Waals surface area (Å²) in [7, 11) is 0. The molecule has 0 radical (unpaired) electrons. The van der Waals surface area contributed by atoms with E-state index in [0.717, 1.165) is 0 Å². The van der Waals surface area contributed by atoms with Crippen LogP contribution < -0.4 is 5.56 Å². The molecule has 0 atom stereocenters. The lowest BCUT2D eigenvalue weighted by molar-refractivity contribution is 0.404. The summed E-state index contributed by atoms with van der Waals surface area (Å²) in [6, 6.07) is 5.87. The Balaban J connectivity index is 2.24. The monoisotopic (exact) mass is 243 g/mol. The summed E-state index contributed by atoms with van der Waals surface area (Å²) >= 11 is 0. The predicted molar refractivity (Wildman–Crippen MR) is 65.5 cm³/mol. The van der Waals surface area contributed by atoms with E-state index >= 15 is 0 Å². The molecule has 0 spiro atoms. The van der Waals surface area contributed by atoms with Gasteiger partial charge in [0.15, 0.2) is 11.5 Å². The summed E-state index contributed by atoms with van der Waals surface area (Å²) in [5.41, 5.74) is 0.726. The number of rotatable bonds is 1. The molecule has 0 aliphatic rings. The summed E-state index contributed by atoms with van der Waals surface area (Å²) < 4.78 is 0. The zero-order chi connectivity index (χ0) is 12.7. The van der Waals surface area contributed by atoms with Crippen molar-refractivity contribution in [2.75, 3.05) is 0 Å². The topological polar surface area (TPSA) is 102 Å². The summed E-state index contributed by atoms with van der Waals surface area (Å²) in [5.74, 6) is -0.158. The van der Waals surface area contributed by atoms with Crippen molar-refractivity contribution >= 4 is 11.0 Å².